The first-order chi connectivity index (χ1) is 11.5. The molecule has 0 aromatic heterocycles. The van der Waals surface area contributed by atoms with E-state index in [2.05, 4.69) is 15.8 Å². The topological polar surface area (TPSA) is 73.8 Å². The third kappa shape index (κ3) is 3.38. The molecular formula is C17H15ClN4O2. The summed E-state index contributed by atoms with van der Waals surface area (Å²) in [5.74, 6) is -0.0957. The van der Waals surface area contributed by atoms with Gasteiger partial charge in [-0.25, -0.2) is 4.99 Å². The van der Waals surface area contributed by atoms with Crippen molar-refractivity contribution in [2.24, 2.45) is 4.99 Å². The standard InChI is InChI=1S/C17H15ClN4O2/c1-11(23)20-21-16-10-17(24)22(13-5-3-2-4-6-13)15-9-12(18)7-8-14(15)19-16/h2-9H,10H2,1H3,(H,19,21)(H,20,23). The molecule has 2 aromatic rings. The van der Waals surface area contributed by atoms with E-state index < -0.39 is 0 Å². The maximum Gasteiger partial charge on any atom is 0.239 e. The van der Waals surface area contributed by atoms with Crippen LogP contribution in [0, 0.1) is 0 Å². The third-order valence-electron chi connectivity index (χ3n) is 3.40. The van der Waals surface area contributed by atoms with E-state index >= 15 is 0 Å². The molecule has 24 heavy (non-hydrogen) atoms. The fourth-order valence-corrected chi connectivity index (χ4v) is 2.57. The smallest absolute Gasteiger partial charge is 0.239 e. The molecule has 0 bridgehead atoms. The normalized spacial score (nSPS) is 13.7. The molecule has 0 fully saturated rings. The second-order valence-electron chi connectivity index (χ2n) is 5.24. The van der Waals surface area contributed by atoms with Gasteiger partial charge in [0.15, 0.2) is 0 Å². The van der Waals surface area contributed by atoms with E-state index in [1.54, 1.807) is 23.1 Å². The minimum absolute atomic E-state index is 0.0154. The zero-order valence-corrected chi connectivity index (χ0v) is 13.7. The molecule has 0 unspecified atom stereocenters. The lowest BCUT2D eigenvalue weighted by Gasteiger charge is -2.22. The second kappa shape index (κ2) is 6.72. The fourth-order valence-electron chi connectivity index (χ4n) is 2.40. The van der Waals surface area contributed by atoms with Crippen LogP contribution in [0.5, 0.6) is 0 Å². The van der Waals surface area contributed by atoms with Crippen LogP contribution in [-0.4, -0.2) is 17.6 Å². The Morgan fingerprint density at radius 3 is 2.67 bits per heavy atom. The van der Waals surface area contributed by atoms with Crippen molar-refractivity contribution in [2.45, 2.75) is 13.3 Å². The van der Waals surface area contributed by atoms with E-state index in [9.17, 15) is 9.59 Å². The molecule has 0 saturated carbocycles. The minimum Gasteiger partial charge on any atom is -0.285 e. The maximum absolute atomic E-state index is 12.8. The van der Waals surface area contributed by atoms with Gasteiger partial charge >= 0.3 is 0 Å². The average Bonchev–Trinajstić information content (AvgIpc) is 2.69. The number of nitrogens with one attached hydrogen (secondary N) is 2. The van der Waals surface area contributed by atoms with Gasteiger partial charge in [0.2, 0.25) is 11.8 Å². The summed E-state index contributed by atoms with van der Waals surface area (Å²) in [7, 11) is 0. The molecule has 1 aliphatic heterocycles. The number of hydrogen-bond donors (Lipinski definition) is 2. The van der Waals surface area contributed by atoms with Gasteiger partial charge in [0, 0.05) is 17.6 Å². The fraction of sp³-hybridized carbons (Fsp3) is 0.118. The zero-order valence-electron chi connectivity index (χ0n) is 12.9. The van der Waals surface area contributed by atoms with Crippen molar-refractivity contribution in [2.75, 3.05) is 4.90 Å². The number of nitrogens with zero attached hydrogens (tertiary/aromatic N) is 2. The Bertz CT molecular complexity index is 821. The minimum atomic E-state index is -0.273. The van der Waals surface area contributed by atoms with Crippen molar-refractivity contribution in [3.8, 4) is 0 Å². The zero-order chi connectivity index (χ0) is 17.1. The Morgan fingerprint density at radius 1 is 1.21 bits per heavy atom. The molecule has 2 aromatic carbocycles. The summed E-state index contributed by atoms with van der Waals surface area (Å²) >= 11 is 6.11. The van der Waals surface area contributed by atoms with Crippen molar-refractivity contribution in [3.63, 3.8) is 0 Å². The van der Waals surface area contributed by atoms with E-state index in [0.29, 0.717) is 22.2 Å². The van der Waals surface area contributed by atoms with Crippen molar-refractivity contribution in [3.05, 3.63) is 53.6 Å². The molecular weight excluding hydrogens is 328 g/mol. The molecule has 1 heterocycles. The monoisotopic (exact) mass is 342 g/mol. The first-order valence-corrected chi connectivity index (χ1v) is 7.70. The highest BCUT2D eigenvalue weighted by Gasteiger charge is 2.26. The highest BCUT2D eigenvalue weighted by molar-refractivity contribution is 6.31. The van der Waals surface area contributed by atoms with Crippen LogP contribution in [0.15, 0.2) is 53.5 Å². The molecule has 0 spiro atoms. The molecule has 0 aliphatic carbocycles. The maximum atomic E-state index is 12.8. The van der Waals surface area contributed by atoms with Crippen LogP contribution in [0.1, 0.15) is 13.3 Å². The number of carbonyl (C=O) groups excluding carboxylic acids is 2. The van der Waals surface area contributed by atoms with Crippen molar-refractivity contribution in [1.82, 2.24) is 10.9 Å². The lowest BCUT2D eigenvalue weighted by molar-refractivity contribution is -0.120. The Labute approximate surface area is 144 Å². The van der Waals surface area contributed by atoms with Crippen LogP contribution in [0.2, 0.25) is 5.02 Å². The largest absolute Gasteiger partial charge is 0.285 e. The molecule has 0 atom stereocenters. The number of hydrazine groups is 1. The number of carbonyl (C=O) groups is 2. The highest BCUT2D eigenvalue weighted by atomic mass is 35.5. The quantitative estimate of drug-likeness (QED) is 0.782. The highest BCUT2D eigenvalue weighted by Crippen LogP contribution is 2.38. The number of rotatable bonds is 1. The van der Waals surface area contributed by atoms with Crippen molar-refractivity contribution >= 4 is 46.3 Å². The number of halogens is 1. The van der Waals surface area contributed by atoms with Gasteiger partial charge in [0.1, 0.15) is 5.84 Å². The SMILES string of the molecule is CC(=O)NNC1=Nc2ccc(Cl)cc2N(c2ccccc2)C(=O)C1. The van der Waals surface area contributed by atoms with Gasteiger partial charge < -0.3 is 0 Å². The number of anilines is 2. The van der Waals surface area contributed by atoms with Crippen LogP contribution in [0.4, 0.5) is 17.1 Å². The van der Waals surface area contributed by atoms with Gasteiger partial charge in [-0.05, 0) is 30.3 Å². The summed E-state index contributed by atoms with van der Waals surface area (Å²) < 4.78 is 0. The molecule has 3 rings (SSSR count). The molecule has 122 valence electrons. The van der Waals surface area contributed by atoms with Crippen molar-refractivity contribution in [1.29, 1.82) is 0 Å². The number of amidine groups is 1. The summed E-state index contributed by atoms with van der Waals surface area (Å²) in [6.07, 6.45) is 0.0154. The van der Waals surface area contributed by atoms with E-state index in [0.717, 1.165) is 5.69 Å². The Kier molecular flexibility index (Phi) is 4.48. The molecule has 0 radical (unpaired) electrons. The number of para-hydroxylation sites is 1. The Balaban J connectivity index is 2.06. The summed E-state index contributed by atoms with van der Waals surface area (Å²) in [5, 5.41) is 0.510. The predicted molar refractivity (Wildman–Crippen MR) is 93.7 cm³/mol. The van der Waals surface area contributed by atoms with Crippen LogP contribution in [-0.2, 0) is 9.59 Å². The number of fused-ring (bicyclic) bond motifs is 1. The Hall–Kier alpha value is -2.86. The Morgan fingerprint density at radius 2 is 1.96 bits per heavy atom. The van der Waals surface area contributed by atoms with Gasteiger partial charge in [0.25, 0.3) is 0 Å². The summed E-state index contributed by atoms with van der Waals surface area (Å²) in [6.45, 7) is 1.37. The lowest BCUT2D eigenvalue weighted by Crippen LogP contribution is -2.42. The lowest BCUT2D eigenvalue weighted by atomic mass is 10.2. The summed E-state index contributed by atoms with van der Waals surface area (Å²) in [4.78, 5) is 29.9. The number of amides is 2. The van der Waals surface area contributed by atoms with E-state index in [4.69, 9.17) is 11.6 Å². The summed E-state index contributed by atoms with van der Waals surface area (Å²) in [6, 6.07) is 14.4. The van der Waals surface area contributed by atoms with Gasteiger partial charge in [-0.15, -0.1) is 0 Å². The number of hydrogen-bond acceptors (Lipinski definition) is 4. The first-order valence-electron chi connectivity index (χ1n) is 7.32. The number of aliphatic imine (C=N–C) groups is 1. The van der Waals surface area contributed by atoms with E-state index in [-0.39, 0.29) is 18.2 Å². The molecule has 7 heteroatoms. The average molecular weight is 343 g/mol. The predicted octanol–water partition coefficient (Wildman–Crippen LogP) is 3.08. The van der Waals surface area contributed by atoms with Gasteiger partial charge in [-0.1, -0.05) is 29.8 Å². The van der Waals surface area contributed by atoms with Crippen LogP contribution in [0.3, 0.4) is 0 Å². The van der Waals surface area contributed by atoms with Gasteiger partial charge in [-0.3, -0.25) is 25.3 Å². The molecule has 0 saturated heterocycles. The van der Waals surface area contributed by atoms with Gasteiger partial charge in [0.05, 0.1) is 17.8 Å². The third-order valence-corrected chi connectivity index (χ3v) is 3.63. The molecule has 6 nitrogen and oxygen atoms in total. The van der Waals surface area contributed by atoms with Crippen LogP contribution < -0.4 is 15.8 Å². The summed E-state index contributed by atoms with van der Waals surface area (Å²) in [5.41, 5.74) is 7.04. The van der Waals surface area contributed by atoms with Crippen LogP contribution >= 0.6 is 11.6 Å². The second-order valence-corrected chi connectivity index (χ2v) is 5.68. The van der Waals surface area contributed by atoms with E-state index in [1.807, 2.05) is 30.3 Å². The van der Waals surface area contributed by atoms with E-state index in [1.165, 1.54) is 6.92 Å². The molecule has 2 N–H and O–H groups in total. The number of benzene rings is 2. The first kappa shape index (κ1) is 16.0. The van der Waals surface area contributed by atoms with Gasteiger partial charge in [-0.2, -0.15) is 0 Å². The molecule has 2 amide bonds. The molecule has 1 aliphatic rings. The van der Waals surface area contributed by atoms with Crippen molar-refractivity contribution < 1.29 is 9.59 Å². The van der Waals surface area contributed by atoms with Crippen LogP contribution in [0.25, 0.3) is 0 Å².